The van der Waals surface area contributed by atoms with Crippen molar-refractivity contribution in [3.63, 3.8) is 0 Å². The topological polar surface area (TPSA) is 43.4 Å². The molecule has 0 aliphatic heterocycles. The first kappa shape index (κ1) is 32.8. The fraction of sp³-hybridized carbons (Fsp3) is 0.467. The molecule has 0 aromatic heterocycles. The maximum Gasteiger partial charge on any atom is 0.460 e. The van der Waals surface area contributed by atoms with Crippen molar-refractivity contribution >= 4 is 19.7 Å². The van der Waals surface area contributed by atoms with Crippen LogP contribution >= 0.6 is 10.7 Å². The summed E-state index contributed by atoms with van der Waals surface area (Å²) < 4.78 is 249. The minimum atomic E-state index is -8.69. The second-order valence-electron chi connectivity index (χ2n) is 6.54. The summed E-state index contributed by atoms with van der Waals surface area (Å²) in [6, 6.07) is -2.40. The van der Waals surface area contributed by atoms with Crippen LogP contribution in [0.3, 0.4) is 0 Å². The molecule has 0 unspecified atom stereocenters. The molecular formula is C15H4ClF17O3S. The fourth-order valence-electron chi connectivity index (χ4n) is 2.05. The van der Waals surface area contributed by atoms with E-state index in [1.165, 1.54) is 0 Å². The van der Waals surface area contributed by atoms with Gasteiger partial charge in [-0.1, -0.05) is 0 Å². The molecule has 1 aromatic carbocycles. The highest BCUT2D eigenvalue weighted by Crippen LogP contribution is 2.63. The van der Waals surface area contributed by atoms with Gasteiger partial charge in [-0.3, -0.25) is 0 Å². The molecule has 37 heavy (non-hydrogen) atoms. The van der Waals surface area contributed by atoms with Crippen molar-refractivity contribution in [1.82, 2.24) is 0 Å². The molecule has 0 radical (unpaired) electrons. The minimum Gasteiger partial charge on any atom is -0.430 e. The van der Waals surface area contributed by atoms with E-state index < -0.39 is 73.2 Å². The summed E-state index contributed by atoms with van der Waals surface area (Å²) in [7, 11) is 0.361. The summed E-state index contributed by atoms with van der Waals surface area (Å²) in [5.74, 6) is -56.0. The molecule has 0 bridgehead atoms. The first-order chi connectivity index (χ1) is 16.0. The minimum absolute atomic E-state index is 0.251. The largest absolute Gasteiger partial charge is 0.460 e. The lowest BCUT2D eigenvalue weighted by Gasteiger charge is -2.41. The molecular weight excluding hydrogens is 619 g/mol. The first-order valence-corrected chi connectivity index (χ1v) is 10.4. The highest BCUT2D eigenvalue weighted by Gasteiger charge is 2.93. The molecule has 0 saturated heterocycles. The Labute approximate surface area is 196 Å². The van der Waals surface area contributed by atoms with E-state index >= 15 is 0 Å². The standard InChI is InChI=1S/C15H4ClF17O3S/c16-37(34,35)6-3-1-5(2-4-6)36-8(18)7(17)9(19,20)10(21,22)11(23,24)12(25,26)13(27,28)14(29,30)15(31,32)33/h1-4H. The lowest BCUT2D eigenvalue weighted by Crippen LogP contribution is -2.72. The number of hydrogen-bond acceptors (Lipinski definition) is 3. The number of hydrogen-bond donors (Lipinski definition) is 0. The summed E-state index contributed by atoms with van der Waals surface area (Å²) in [6.45, 7) is 0. The maximum atomic E-state index is 13.6. The third-order valence-corrected chi connectivity index (χ3v) is 5.46. The van der Waals surface area contributed by atoms with E-state index in [1.807, 2.05) is 0 Å². The number of rotatable bonds is 9. The van der Waals surface area contributed by atoms with Gasteiger partial charge in [0, 0.05) is 10.7 Å². The van der Waals surface area contributed by atoms with Crippen molar-refractivity contribution in [1.29, 1.82) is 0 Å². The van der Waals surface area contributed by atoms with Crippen LogP contribution in [0.4, 0.5) is 74.6 Å². The highest BCUT2D eigenvalue weighted by atomic mass is 35.7. The maximum absolute atomic E-state index is 13.6. The van der Waals surface area contributed by atoms with Crippen molar-refractivity contribution in [2.45, 2.75) is 46.6 Å². The van der Waals surface area contributed by atoms with Crippen molar-refractivity contribution in [3.05, 3.63) is 36.1 Å². The van der Waals surface area contributed by atoms with E-state index in [9.17, 15) is 83.1 Å². The average molecular weight is 623 g/mol. The van der Waals surface area contributed by atoms with Crippen molar-refractivity contribution in [2.75, 3.05) is 0 Å². The molecule has 0 spiro atoms. The van der Waals surface area contributed by atoms with Gasteiger partial charge in [0.25, 0.3) is 9.05 Å². The predicted octanol–water partition coefficient (Wildman–Crippen LogP) is 7.48. The van der Waals surface area contributed by atoms with Gasteiger partial charge in [-0.2, -0.15) is 74.6 Å². The Hall–Kier alpha value is -2.19. The van der Waals surface area contributed by atoms with E-state index in [1.54, 1.807) is 0 Å². The molecule has 1 rings (SSSR count). The van der Waals surface area contributed by atoms with Gasteiger partial charge < -0.3 is 4.74 Å². The Morgan fingerprint density at radius 2 is 0.973 bits per heavy atom. The highest BCUT2D eigenvalue weighted by molar-refractivity contribution is 8.13. The third kappa shape index (κ3) is 5.11. The Morgan fingerprint density at radius 3 is 1.32 bits per heavy atom. The van der Waals surface area contributed by atoms with Gasteiger partial charge in [0.15, 0.2) is 0 Å². The van der Waals surface area contributed by atoms with Crippen LogP contribution in [0, 0.1) is 0 Å². The second kappa shape index (κ2) is 9.23. The van der Waals surface area contributed by atoms with Crippen molar-refractivity contribution in [3.8, 4) is 5.75 Å². The van der Waals surface area contributed by atoms with Crippen molar-refractivity contribution in [2.24, 2.45) is 0 Å². The van der Waals surface area contributed by atoms with Gasteiger partial charge in [-0.05, 0) is 24.3 Å². The Bertz CT molecular complexity index is 1140. The molecule has 3 nitrogen and oxygen atoms in total. The number of halogens is 18. The predicted molar refractivity (Wildman–Crippen MR) is 85.1 cm³/mol. The molecule has 0 amide bonds. The lowest BCUT2D eigenvalue weighted by molar-refractivity contribution is -0.451. The molecule has 0 N–H and O–H groups in total. The van der Waals surface area contributed by atoms with Crippen LogP contribution in [0.2, 0.25) is 0 Å². The smallest absolute Gasteiger partial charge is 0.430 e. The number of benzene rings is 1. The summed E-state index contributed by atoms with van der Waals surface area (Å²) in [6.07, 6.45) is -7.82. The van der Waals surface area contributed by atoms with Crippen LogP contribution in [-0.2, 0) is 9.05 Å². The average Bonchev–Trinajstić information content (AvgIpc) is 2.71. The first-order valence-electron chi connectivity index (χ1n) is 8.13. The SMILES string of the molecule is O=S(=O)(Cl)c1ccc(OC(F)=C(F)C(F)(F)C(F)(F)C(F)(F)C(F)(F)C(F)(F)C(F)(F)C(F)(F)F)cc1. The van der Waals surface area contributed by atoms with E-state index in [-0.39, 0.29) is 12.1 Å². The normalized spacial score (nSPS) is 15.9. The van der Waals surface area contributed by atoms with Crippen LogP contribution < -0.4 is 4.74 Å². The Balaban J connectivity index is 3.56. The quantitative estimate of drug-likeness (QED) is 0.163. The summed E-state index contributed by atoms with van der Waals surface area (Å²) in [4.78, 5) is -0.818. The summed E-state index contributed by atoms with van der Waals surface area (Å²) >= 11 is 0. The van der Waals surface area contributed by atoms with Crippen LogP contribution in [0.15, 0.2) is 41.0 Å². The second-order valence-corrected chi connectivity index (χ2v) is 9.11. The van der Waals surface area contributed by atoms with Gasteiger partial charge in [-0.25, -0.2) is 8.42 Å². The lowest BCUT2D eigenvalue weighted by atomic mass is 9.91. The summed E-state index contributed by atoms with van der Waals surface area (Å²) in [5.41, 5.74) is 0. The van der Waals surface area contributed by atoms with Gasteiger partial charge in [0.1, 0.15) is 5.75 Å². The van der Waals surface area contributed by atoms with Gasteiger partial charge in [0.05, 0.1) is 4.90 Å². The van der Waals surface area contributed by atoms with Gasteiger partial charge in [0.2, 0.25) is 5.83 Å². The van der Waals surface area contributed by atoms with E-state index in [4.69, 9.17) is 10.7 Å². The van der Waals surface area contributed by atoms with E-state index in [2.05, 4.69) is 4.74 Å². The molecule has 1 aromatic rings. The summed E-state index contributed by atoms with van der Waals surface area (Å²) in [5, 5.41) is 0. The molecule has 0 aliphatic rings. The van der Waals surface area contributed by atoms with E-state index in [0.29, 0.717) is 12.1 Å². The monoisotopic (exact) mass is 622 g/mol. The molecule has 0 saturated carbocycles. The molecule has 0 atom stereocenters. The number of alkyl halides is 15. The zero-order valence-electron chi connectivity index (χ0n) is 16.2. The number of allylic oxidation sites excluding steroid dienone is 1. The molecule has 214 valence electrons. The molecule has 0 heterocycles. The molecule has 22 heteroatoms. The van der Waals surface area contributed by atoms with Crippen LogP contribution in [-0.4, -0.2) is 50.1 Å². The fourth-order valence-corrected chi connectivity index (χ4v) is 2.82. The van der Waals surface area contributed by atoms with Crippen LogP contribution in [0.25, 0.3) is 0 Å². The zero-order valence-corrected chi connectivity index (χ0v) is 17.8. The van der Waals surface area contributed by atoms with Crippen LogP contribution in [0.1, 0.15) is 0 Å². The van der Waals surface area contributed by atoms with Crippen LogP contribution in [0.5, 0.6) is 5.75 Å². The Kier molecular flexibility index (Phi) is 8.19. The van der Waals surface area contributed by atoms with E-state index in [0.717, 1.165) is 0 Å². The zero-order chi connectivity index (χ0) is 29.8. The number of ether oxygens (including phenoxy) is 1. The Morgan fingerprint density at radius 1 is 0.622 bits per heavy atom. The van der Waals surface area contributed by atoms with Crippen molar-refractivity contribution < 1.29 is 87.8 Å². The molecule has 0 aliphatic carbocycles. The molecule has 0 fully saturated rings. The van der Waals surface area contributed by atoms with Gasteiger partial charge >= 0.3 is 47.7 Å². The third-order valence-electron chi connectivity index (χ3n) is 4.09. The van der Waals surface area contributed by atoms with Gasteiger partial charge in [-0.15, -0.1) is 0 Å².